The standard InChI is InChI=1S/C12H15FN2O2/c13-10-4-1-3-9(7-10)11-8-17-12(16)15(11)6-2-5-14/h1,3-4,7,11H,2,5-6,8,14H2. The van der Waals surface area contributed by atoms with E-state index >= 15 is 0 Å². The van der Waals surface area contributed by atoms with E-state index in [-0.39, 0.29) is 24.6 Å². The van der Waals surface area contributed by atoms with Gasteiger partial charge in [-0.1, -0.05) is 12.1 Å². The van der Waals surface area contributed by atoms with Gasteiger partial charge in [0.2, 0.25) is 0 Å². The first kappa shape index (κ1) is 11.9. The van der Waals surface area contributed by atoms with E-state index in [2.05, 4.69) is 0 Å². The lowest BCUT2D eigenvalue weighted by Gasteiger charge is -2.21. The maximum absolute atomic E-state index is 13.1. The number of cyclic esters (lactones) is 1. The van der Waals surface area contributed by atoms with E-state index in [0.29, 0.717) is 19.5 Å². The number of hydrogen-bond acceptors (Lipinski definition) is 3. The molecule has 0 bridgehead atoms. The molecular weight excluding hydrogens is 223 g/mol. The molecule has 1 aliphatic rings. The molecule has 0 aliphatic carbocycles. The molecule has 2 N–H and O–H groups in total. The fourth-order valence-electron chi connectivity index (χ4n) is 1.95. The summed E-state index contributed by atoms with van der Waals surface area (Å²) in [6, 6.07) is 6.04. The van der Waals surface area contributed by atoms with Gasteiger partial charge in [-0.3, -0.25) is 4.90 Å². The number of benzene rings is 1. The highest BCUT2D eigenvalue weighted by molar-refractivity contribution is 5.70. The van der Waals surface area contributed by atoms with Gasteiger partial charge >= 0.3 is 6.09 Å². The number of nitrogens with zero attached hydrogens (tertiary/aromatic N) is 1. The Balaban J connectivity index is 2.16. The Kier molecular flexibility index (Phi) is 3.58. The van der Waals surface area contributed by atoms with E-state index in [1.807, 2.05) is 0 Å². The van der Waals surface area contributed by atoms with Crippen LogP contribution in [0.5, 0.6) is 0 Å². The summed E-state index contributed by atoms with van der Waals surface area (Å²) in [5.74, 6) is -0.305. The van der Waals surface area contributed by atoms with E-state index in [9.17, 15) is 9.18 Å². The number of ether oxygens (including phenoxy) is 1. The minimum absolute atomic E-state index is 0.204. The quantitative estimate of drug-likeness (QED) is 0.868. The SMILES string of the molecule is NCCCN1C(=O)OCC1c1cccc(F)c1. The molecular formula is C12H15FN2O2. The summed E-state index contributed by atoms with van der Waals surface area (Å²) in [5.41, 5.74) is 6.18. The van der Waals surface area contributed by atoms with E-state index in [1.54, 1.807) is 17.0 Å². The third kappa shape index (κ3) is 2.55. The van der Waals surface area contributed by atoms with Crippen molar-refractivity contribution in [3.05, 3.63) is 35.6 Å². The van der Waals surface area contributed by atoms with Crippen LogP contribution in [0, 0.1) is 5.82 Å². The molecule has 0 radical (unpaired) electrons. The molecule has 1 aliphatic heterocycles. The first-order chi connectivity index (χ1) is 8.22. The summed E-state index contributed by atoms with van der Waals surface area (Å²) in [4.78, 5) is 13.1. The zero-order chi connectivity index (χ0) is 12.3. The smallest absolute Gasteiger partial charge is 0.410 e. The number of nitrogens with two attached hydrogens (primary N) is 1. The molecule has 1 fully saturated rings. The zero-order valence-electron chi connectivity index (χ0n) is 9.43. The van der Waals surface area contributed by atoms with Gasteiger partial charge in [0.05, 0.1) is 6.04 Å². The summed E-state index contributed by atoms with van der Waals surface area (Å²) in [6.07, 6.45) is 0.355. The summed E-state index contributed by atoms with van der Waals surface area (Å²) in [7, 11) is 0. The molecule has 17 heavy (non-hydrogen) atoms. The fraction of sp³-hybridized carbons (Fsp3) is 0.417. The van der Waals surface area contributed by atoms with Crippen LogP contribution in [0.25, 0.3) is 0 Å². The highest BCUT2D eigenvalue weighted by Gasteiger charge is 2.33. The average molecular weight is 238 g/mol. The topological polar surface area (TPSA) is 55.6 Å². The lowest BCUT2D eigenvalue weighted by atomic mass is 10.1. The van der Waals surface area contributed by atoms with Gasteiger partial charge in [-0.2, -0.15) is 0 Å². The van der Waals surface area contributed by atoms with Crippen LogP contribution in [0.3, 0.4) is 0 Å². The van der Waals surface area contributed by atoms with Crippen LogP contribution in [-0.2, 0) is 4.74 Å². The molecule has 0 saturated carbocycles. The van der Waals surface area contributed by atoms with Gasteiger partial charge in [0.15, 0.2) is 0 Å². The van der Waals surface area contributed by atoms with Crippen LogP contribution < -0.4 is 5.73 Å². The summed E-state index contributed by atoms with van der Waals surface area (Å²) in [5, 5.41) is 0. The Morgan fingerprint density at radius 1 is 1.53 bits per heavy atom. The molecule has 1 heterocycles. The maximum atomic E-state index is 13.1. The first-order valence-electron chi connectivity index (χ1n) is 5.61. The van der Waals surface area contributed by atoms with Crippen molar-refractivity contribution < 1.29 is 13.9 Å². The number of halogens is 1. The van der Waals surface area contributed by atoms with E-state index in [0.717, 1.165) is 5.56 Å². The zero-order valence-corrected chi connectivity index (χ0v) is 9.43. The Morgan fingerprint density at radius 3 is 3.06 bits per heavy atom. The van der Waals surface area contributed by atoms with E-state index in [1.165, 1.54) is 12.1 Å². The van der Waals surface area contributed by atoms with Crippen molar-refractivity contribution in [2.75, 3.05) is 19.7 Å². The van der Waals surface area contributed by atoms with Gasteiger partial charge in [0.25, 0.3) is 0 Å². The van der Waals surface area contributed by atoms with Gasteiger partial charge in [-0.05, 0) is 30.7 Å². The van der Waals surface area contributed by atoms with Crippen molar-refractivity contribution >= 4 is 6.09 Å². The molecule has 1 unspecified atom stereocenters. The minimum atomic E-state index is -0.354. The van der Waals surface area contributed by atoms with Crippen LogP contribution >= 0.6 is 0 Å². The van der Waals surface area contributed by atoms with Crippen LogP contribution in [0.2, 0.25) is 0 Å². The van der Waals surface area contributed by atoms with Crippen molar-refractivity contribution in [2.45, 2.75) is 12.5 Å². The Bertz CT molecular complexity index is 411. The van der Waals surface area contributed by atoms with Gasteiger partial charge in [0, 0.05) is 6.54 Å². The second-order valence-electron chi connectivity index (χ2n) is 3.98. The highest BCUT2D eigenvalue weighted by Crippen LogP contribution is 2.27. The van der Waals surface area contributed by atoms with Crippen molar-refractivity contribution in [1.82, 2.24) is 4.90 Å². The number of carbonyl (C=O) groups excluding carboxylic acids is 1. The van der Waals surface area contributed by atoms with Crippen LogP contribution in [0.15, 0.2) is 24.3 Å². The monoisotopic (exact) mass is 238 g/mol. The van der Waals surface area contributed by atoms with Crippen LogP contribution in [0.4, 0.5) is 9.18 Å². The van der Waals surface area contributed by atoms with Crippen molar-refractivity contribution in [2.24, 2.45) is 5.73 Å². The summed E-state index contributed by atoms with van der Waals surface area (Å²) >= 11 is 0. The lowest BCUT2D eigenvalue weighted by Crippen LogP contribution is -2.29. The fourth-order valence-corrected chi connectivity index (χ4v) is 1.95. The molecule has 1 saturated heterocycles. The Hall–Kier alpha value is -1.62. The van der Waals surface area contributed by atoms with E-state index < -0.39 is 0 Å². The third-order valence-electron chi connectivity index (χ3n) is 2.81. The summed E-state index contributed by atoms with van der Waals surface area (Å²) < 4.78 is 18.1. The number of rotatable bonds is 4. The first-order valence-corrected chi connectivity index (χ1v) is 5.61. The molecule has 4 nitrogen and oxygen atoms in total. The van der Waals surface area contributed by atoms with Crippen molar-refractivity contribution in [1.29, 1.82) is 0 Å². The average Bonchev–Trinajstić information content (AvgIpc) is 2.68. The molecule has 2 rings (SSSR count). The molecule has 5 heteroatoms. The minimum Gasteiger partial charge on any atom is -0.447 e. The molecule has 92 valence electrons. The molecule has 1 aromatic rings. The predicted octanol–water partition coefficient (Wildman–Crippen LogP) is 1.67. The molecule has 0 spiro atoms. The highest BCUT2D eigenvalue weighted by atomic mass is 19.1. The van der Waals surface area contributed by atoms with Crippen molar-refractivity contribution in [3.63, 3.8) is 0 Å². The number of hydrogen-bond donors (Lipinski definition) is 1. The molecule has 1 aromatic carbocycles. The second-order valence-corrected chi connectivity index (χ2v) is 3.98. The molecule has 1 atom stereocenters. The van der Waals surface area contributed by atoms with Crippen LogP contribution in [0.1, 0.15) is 18.0 Å². The lowest BCUT2D eigenvalue weighted by molar-refractivity contribution is 0.157. The Labute approximate surface area is 99.2 Å². The normalized spacial score (nSPS) is 19.5. The second kappa shape index (κ2) is 5.14. The Morgan fingerprint density at radius 2 is 2.35 bits per heavy atom. The molecule has 0 aromatic heterocycles. The third-order valence-corrected chi connectivity index (χ3v) is 2.81. The number of carbonyl (C=O) groups is 1. The van der Waals surface area contributed by atoms with Crippen molar-refractivity contribution in [3.8, 4) is 0 Å². The van der Waals surface area contributed by atoms with E-state index in [4.69, 9.17) is 10.5 Å². The largest absolute Gasteiger partial charge is 0.447 e. The number of amides is 1. The maximum Gasteiger partial charge on any atom is 0.410 e. The summed E-state index contributed by atoms with van der Waals surface area (Å²) in [6.45, 7) is 1.32. The van der Waals surface area contributed by atoms with Gasteiger partial charge < -0.3 is 10.5 Å². The van der Waals surface area contributed by atoms with Gasteiger partial charge in [-0.25, -0.2) is 9.18 Å². The van der Waals surface area contributed by atoms with Crippen LogP contribution in [-0.4, -0.2) is 30.7 Å². The molecule has 1 amide bonds. The van der Waals surface area contributed by atoms with Gasteiger partial charge in [-0.15, -0.1) is 0 Å². The van der Waals surface area contributed by atoms with Gasteiger partial charge in [0.1, 0.15) is 12.4 Å². The predicted molar refractivity (Wildman–Crippen MR) is 60.9 cm³/mol.